The van der Waals surface area contributed by atoms with E-state index in [0.717, 1.165) is 22.4 Å². The van der Waals surface area contributed by atoms with E-state index in [-0.39, 0.29) is 5.56 Å². The number of aromatic amines is 1. The SMILES string of the molecule is Cc1cccc(-n2cc(-c3cn[nH]c3)ccc2=O)c1. The lowest BCUT2D eigenvalue weighted by atomic mass is 10.1. The smallest absolute Gasteiger partial charge is 0.255 e. The van der Waals surface area contributed by atoms with Crippen molar-refractivity contribution in [2.24, 2.45) is 0 Å². The van der Waals surface area contributed by atoms with E-state index in [0.29, 0.717) is 0 Å². The van der Waals surface area contributed by atoms with Gasteiger partial charge in [-0.15, -0.1) is 0 Å². The normalized spacial score (nSPS) is 10.6. The first-order valence-electron chi connectivity index (χ1n) is 6.03. The summed E-state index contributed by atoms with van der Waals surface area (Å²) < 4.78 is 1.65. The molecule has 2 aromatic heterocycles. The molecule has 0 aliphatic heterocycles. The Bertz CT molecular complexity index is 757. The molecule has 19 heavy (non-hydrogen) atoms. The third kappa shape index (κ3) is 2.20. The first-order chi connectivity index (χ1) is 9.24. The molecule has 4 nitrogen and oxygen atoms in total. The summed E-state index contributed by atoms with van der Waals surface area (Å²) in [5, 5.41) is 6.70. The Balaban J connectivity index is 2.16. The molecule has 3 rings (SSSR count). The van der Waals surface area contributed by atoms with Crippen molar-refractivity contribution in [3.63, 3.8) is 0 Å². The molecule has 0 atom stereocenters. The van der Waals surface area contributed by atoms with E-state index in [4.69, 9.17) is 0 Å². The number of pyridine rings is 1. The summed E-state index contributed by atoms with van der Waals surface area (Å²) in [4.78, 5) is 12.0. The van der Waals surface area contributed by atoms with E-state index < -0.39 is 0 Å². The van der Waals surface area contributed by atoms with Gasteiger partial charge in [-0.1, -0.05) is 12.1 Å². The summed E-state index contributed by atoms with van der Waals surface area (Å²) in [6.45, 7) is 2.01. The van der Waals surface area contributed by atoms with Crippen molar-refractivity contribution in [1.82, 2.24) is 14.8 Å². The van der Waals surface area contributed by atoms with Crippen LogP contribution in [0.3, 0.4) is 0 Å². The number of rotatable bonds is 2. The maximum Gasteiger partial charge on any atom is 0.255 e. The molecule has 94 valence electrons. The maximum absolute atomic E-state index is 12.0. The standard InChI is InChI=1S/C15H13N3O/c1-11-3-2-4-14(7-11)18-10-12(5-6-15(18)19)13-8-16-17-9-13/h2-10H,1H3,(H,16,17). The number of H-pyrrole nitrogens is 1. The first-order valence-corrected chi connectivity index (χ1v) is 6.03. The van der Waals surface area contributed by atoms with E-state index >= 15 is 0 Å². The average molecular weight is 251 g/mol. The fraction of sp³-hybridized carbons (Fsp3) is 0.0667. The topological polar surface area (TPSA) is 50.7 Å². The van der Waals surface area contributed by atoms with Gasteiger partial charge in [-0.2, -0.15) is 5.10 Å². The molecular weight excluding hydrogens is 238 g/mol. The minimum atomic E-state index is -0.0437. The zero-order valence-electron chi connectivity index (χ0n) is 10.5. The monoisotopic (exact) mass is 251 g/mol. The van der Waals surface area contributed by atoms with Gasteiger partial charge >= 0.3 is 0 Å². The minimum absolute atomic E-state index is 0.0437. The lowest BCUT2D eigenvalue weighted by molar-refractivity contribution is 0.990. The lowest BCUT2D eigenvalue weighted by Crippen LogP contribution is -2.16. The van der Waals surface area contributed by atoms with Crippen LogP contribution in [0.2, 0.25) is 0 Å². The molecule has 0 bridgehead atoms. The molecule has 3 aromatic rings. The Morgan fingerprint density at radius 3 is 2.79 bits per heavy atom. The number of hydrogen-bond acceptors (Lipinski definition) is 2. The van der Waals surface area contributed by atoms with Crippen molar-refractivity contribution in [3.8, 4) is 16.8 Å². The van der Waals surface area contributed by atoms with Gasteiger partial charge in [0.25, 0.3) is 5.56 Å². The summed E-state index contributed by atoms with van der Waals surface area (Å²) in [6, 6.07) is 11.2. The zero-order valence-corrected chi connectivity index (χ0v) is 10.5. The molecule has 0 amide bonds. The van der Waals surface area contributed by atoms with Crippen LogP contribution in [0.15, 0.2) is 59.8 Å². The van der Waals surface area contributed by atoms with E-state index in [2.05, 4.69) is 10.2 Å². The van der Waals surface area contributed by atoms with Crippen molar-refractivity contribution < 1.29 is 0 Å². The van der Waals surface area contributed by atoms with Gasteiger partial charge < -0.3 is 0 Å². The number of benzene rings is 1. The summed E-state index contributed by atoms with van der Waals surface area (Å²) in [6.07, 6.45) is 5.38. The van der Waals surface area contributed by atoms with Gasteiger partial charge in [0, 0.05) is 35.3 Å². The summed E-state index contributed by atoms with van der Waals surface area (Å²) in [5.74, 6) is 0. The van der Waals surface area contributed by atoms with Crippen LogP contribution in [0.25, 0.3) is 16.8 Å². The Labute approximate surface area is 110 Å². The fourth-order valence-corrected chi connectivity index (χ4v) is 2.05. The second-order valence-corrected chi connectivity index (χ2v) is 4.45. The van der Waals surface area contributed by atoms with Crippen LogP contribution >= 0.6 is 0 Å². The third-order valence-corrected chi connectivity index (χ3v) is 3.02. The van der Waals surface area contributed by atoms with Gasteiger partial charge in [-0.05, 0) is 30.7 Å². The number of nitrogens with zero attached hydrogens (tertiary/aromatic N) is 2. The molecular formula is C15H13N3O. The minimum Gasteiger partial charge on any atom is -0.285 e. The molecule has 0 saturated heterocycles. The highest BCUT2D eigenvalue weighted by Crippen LogP contribution is 2.17. The zero-order chi connectivity index (χ0) is 13.2. The van der Waals surface area contributed by atoms with Gasteiger partial charge in [0.2, 0.25) is 0 Å². The van der Waals surface area contributed by atoms with E-state index in [9.17, 15) is 4.79 Å². The Kier molecular flexibility index (Phi) is 2.76. The molecule has 0 fully saturated rings. The van der Waals surface area contributed by atoms with Crippen LogP contribution in [0.1, 0.15) is 5.56 Å². The molecule has 0 aliphatic rings. The van der Waals surface area contributed by atoms with Crippen molar-refractivity contribution in [2.75, 3.05) is 0 Å². The van der Waals surface area contributed by atoms with Crippen molar-refractivity contribution >= 4 is 0 Å². The molecule has 1 N–H and O–H groups in total. The molecule has 0 radical (unpaired) electrons. The molecule has 0 spiro atoms. The van der Waals surface area contributed by atoms with Gasteiger partial charge in [0.1, 0.15) is 0 Å². The van der Waals surface area contributed by atoms with E-state index in [1.54, 1.807) is 29.1 Å². The predicted octanol–water partition coefficient (Wildman–Crippen LogP) is 2.54. The highest BCUT2D eigenvalue weighted by atomic mass is 16.1. The second kappa shape index (κ2) is 4.57. The van der Waals surface area contributed by atoms with Crippen LogP contribution < -0.4 is 5.56 Å². The van der Waals surface area contributed by atoms with Crippen LogP contribution in [-0.4, -0.2) is 14.8 Å². The maximum atomic E-state index is 12.0. The number of hydrogen-bond donors (Lipinski definition) is 1. The van der Waals surface area contributed by atoms with E-state index in [1.807, 2.05) is 37.4 Å². The highest BCUT2D eigenvalue weighted by molar-refractivity contribution is 5.60. The number of aromatic nitrogens is 3. The summed E-state index contributed by atoms with van der Waals surface area (Å²) in [5.41, 5.74) is 3.86. The fourth-order valence-electron chi connectivity index (χ4n) is 2.05. The Hall–Kier alpha value is -2.62. The van der Waals surface area contributed by atoms with Gasteiger partial charge in [-0.3, -0.25) is 14.5 Å². The first kappa shape index (κ1) is 11.5. The number of aryl methyl sites for hydroxylation is 1. The van der Waals surface area contributed by atoms with Crippen LogP contribution in [-0.2, 0) is 0 Å². The van der Waals surface area contributed by atoms with Gasteiger partial charge in [-0.25, -0.2) is 0 Å². The Morgan fingerprint density at radius 1 is 1.16 bits per heavy atom. The quantitative estimate of drug-likeness (QED) is 0.761. The Morgan fingerprint density at radius 2 is 2.05 bits per heavy atom. The van der Waals surface area contributed by atoms with Crippen molar-refractivity contribution in [3.05, 3.63) is 70.9 Å². The summed E-state index contributed by atoms with van der Waals surface area (Å²) in [7, 11) is 0. The van der Waals surface area contributed by atoms with Crippen LogP contribution in [0.5, 0.6) is 0 Å². The second-order valence-electron chi connectivity index (χ2n) is 4.45. The molecule has 4 heteroatoms. The summed E-state index contributed by atoms with van der Waals surface area (Å²) >= 11 is 0. The largest absolute Gasteiger partial charge is 0.285 e. The van der Waals surface area contributed by atoms with Crippen molar-refractivity contribution in [2.45, 2.75) is 6.92 Å². The third-order valence-electron chi connectivity index (χ3n) is 3.02. The molecule has 2 heterocycles. The van der Waals surface area contributed by atoms with Gasteiger partial charge in [0.15, 0.2) is 0 Å². The van der Waals surface area contributed by atoms with Gasteiger partial charge in [0.05, 0.1) is 6.20 Å². The van der Waals surface area contributed by atoms with Crippen LogP contribution in [0, 0.1) is 6.92 Å². The van der Waals surface area contributed by atoms with Crippen LogP contribution in [0.4, 0.5) is 0 Å². The van der Waals surface area contributed by atoms with Crippen molar-refractivity contribution in [1.29, 1.82) is 0 Å². The predicted molar refractivity (Wildman–Crippen MR) is 74.4 cm³/mol. The van der Waals surface area contributed by atoms with E-state index in [1.165, 1.54) is 0 Å². The molecule has 1 aromatic carbocycles. The average Bonchev–Trinajstić information content (AvgIpc) is 2.93. The molecule has 0 saturated carbocycles. The molecule has 0 aliphatic carbocycles. The lowest BCUT2D eigenvalue weighted by Gasteiger charge is -2.08. The number of nitrogens with one attached hydrogen (secondary N) is 1. The molecule has 0 unspecified atom stereocenters. The highest BCUT2D eigenvalue weighted by Gasteiger charge is 2.04.